The summed E-state index contributed by atoms with van der Waals surface area (Å²) in [6.45, 7) is 0.0573. The normalized spacial score (nSPS) is 26.4. The van der Waals surface area contributed by atoms with Crippen LogP contribution in [0.3, 0.4) is 0 Å². The van der Waals surface area contributed by atoms with E-state index >= 15 is 0 Å². The van der Waals surface area contributed by atoms with Gasteiger partial charge in [0.05, 0.1) is 19.1 Å². The smallest absolute Gasteiger partial charge is 0.429 e. The standard InChI is InChI=1S/C13H14N2O4/c16-7-10-6-12(17)14(10)15-11(8-19-13(15)18)9-4-2-1-3-5-9/h1-5,10-11,16H,6-8H2/t10?,11-/m1/s1. The maximum atomic E-state index is 11.8. The molecule has 2 aliphatic heterocycles. The van der Waals surface area contributed by atoms with Crippen molar-refractivity contribution in [3.05, 3.63) is 35.9 Å². The molecule has 0 saturated carbocycles. The number of rotatable bonds is 3. The van der Waals surface area contributed by atoms with Crippen molar-refractivity contribution in [1.29, 1.82) is 0 Å². The number of carbonyl (C=O) groups excluding carboxylic acids is 2. The van der Waals surface area contributed by atoms with Gasteiger partial charge >= 0.3 is 6.09 Å². The maximum Gasteiger partial charge on any atom is 0.429 e. The molecule has 0 spiro atoms. The zero-order chi connectivity index (χ0) is 13.4. The Hall–Kier alpha value is -2.08. The molecule has 2 amide bonds. The number of carbonyl (C=O) groups is 2. The molecule has 1 N–H and O–H groups in total. The van der Waals surface area contributed by atoms with Gasteiger partial charge in [-0.25, -0.2) is 14.8 Å². The number of amides is 2. The first kappa shape index (κ1) is 12.0. The van der Waals surface area contributed by atoms with Crippen molar-refractivity contribution < 1.29 is 19.4 Å². The topological polar surface area (TPSA) is 70.1 Å². The van der Waals surface area contributed by atoms with E-state index in [1.165, 1.54) is 10.0 Å². The van der Waals surface area contributed by atoms with Gasteiger partial charge in [0.15, 0.2) is 0 Å². The largest absolute Gasteiger partial charge is 0.446 e. The molecule has 0 aromatic heterocycles. The molecule has 2 fully saturated rings. The van der Waals surface area contributed by atoms with Crippen LogP contribution in [0.2, 0.25) is 0 Å². The van der Waals surface area contributed by atoms with Gasteiger partial charge in [0.1, 0.15) is 12.6 Å². The third-order valence-electron chi connectivity index (χ3n) is 3.49. The van der Waals surface area contributed by atoms with Crippen molar-refractivity contribution in [1.82, 2.24) is 10.0 Å². The number of benzene rings is 1. The Morgan fingerprint density at radius 1 is 1.21 bits per heavy atom. The van der Waals surface area contributed by atoms with E-state index in [0.717, 1.165) is 5.56 Å². The summed E-state index contributed by atoms with van der Waals surface area (Å²) >= 11 is 0. The van der Waals surface area contributed by atoms with Gasteiger partial charge in [0.25, 0.3) is 0 Å². The minimum atomic E-state index is -0.541. The second-order valence-corrected chi connectivity index (χ2v) is 4.63. The molecule has 2 heterocycles. The van der Waals surface area contributed by atoms with Crippen LogP contribution < -0.4 is 0 Å². The van der Waals surface area contributed by atoms with Crippen molar-refractivity contribution in [3.8, 4) is 0 Å². The zero-order valence-electron chi connectivity index (χ0n) is 10.2. The molecule has 0 bridgehead atoms. The van der Waals surface area contributed by atoms with Crippen molar-refractivity contribution in [2.24, 2.45) is 0 Å². The summed E-state index contributed by atoms with van der Waals surface area (Å²) in [4.78, 5) is 23.5. The van der Waals surface area contributed by atoms with Gasteiger partial charge in [0, 0.05) is 0 Å². The van der Waals surface area contributed by atoms with Gasteiger partial charge in [0.2, 0.25) is 5.91 Å². The first-order valence-corrected chi connectivity index (χ1v) is 6.16. The molecule has 1 aromatic rings. The van der Waals surface area contributed by atoms with Crippen LogP contribution in [-0.2, 0) is 9.53 Å². The molecule has 19 heavy (non-hydrogen) atoms. The van der Waals surface area contributed by atoms with Crippen molar-refractivity contribution >= 4 is 12.0 Å². The van der Waals surface area contributed by atoms with Crippen LogP contribution in [0.15, 0.2) is 30.3 Å². The molecule has 2 aliphatic rings. The summed E-state index contributed by atoms with van der Waals surface area (Å²) in [7, 11) is 0. The molecule has 6 nitrogen and oxygen atoms in total. The number of ether oxygens (including phenoxy) is 1. The second kappa shape index (κ2) is 4.55. The third-order valence-corrected chi connectivity index (χ3v) is 3.49. The lowest BCUT2D eigenvalue weighted by Gasteiger charge is -2.45. The summed E-state index contributed by atoms with van der Waals surface area (Å²) in [6.07, 6.45) is -0.276. The molecule has 1 unspecified atom stereocenters. The predicted octanol–water partition coefficient (Wildman–Crippen LogP) is 0.688. The summed E-state index contributed by atoms with van der Waals surface area (Å²) in [5, 5.41) is 11.8. The average Bonchev–Trinajstić information content (AvgIpc) is 2.79. The van der Waals surface area contributed by atoms with Crippen LogP contribution in [0.4, 0.5) is 4.79 Å². The minimum absolute atomic E-state index is 0.156. The Morgan fingerprint density at radius 2 is 1.95 bits per heavy atom. The first-order chi connectivity index (χ1) is 9.22. The third kappa shape index (κ3) is 1.84. The van der Waals surface area contributed by atoms with E-state index in [1.807, 2.05) is 30.3 Å². The van der Waals surface area contributed by atoms with Crippen LogP contribution in [0.5, 0.6) is 0 Å². The van der Waals surface area contributed by atoms with E-state index in [4.69, 9.17) is 4.74 Å². The van der Waals surface area contributed by atoms with Gasteiger partial charge < -0.3 is 9.84 Å². The highest BCUT2D eigenvalue weighted by Crippen LogP contribution is 2.34. The lowest BCUT2D eigenvalue weighted by atomic mass is 10.0. The molecule has 2 saturated heterocycles. The van der Waals surface area contributed by atoms with Gasteiger partial charge in [-0.1, -0.05) is 30.3 Å². The highest BCUT2D eigenvalue weighted by atomic mass is 16.6. The number of hydrazine groups is 1. The fourth-order valence-corrected chi connectivity index (χ4v) is 2.48. The minimum Gasteiger partial charge on any atom is -0.446 e. The van der Waals surface area contributed by atoms with E-state index in [9.17, 15) is 14.7 Å². The van der Waals surface area contributed by atoms with Gasteiger partial charge in [-0.15, -0.1) is 0 Å². The van der Waals surface area contributed by atoms with E-state index in [2.05, 4.69) is 0 Å². The number of β-lactam (4-membered cyclic amide) rings is 1. The Kier molecular flexibility index (Phi) is 2.87. The van der Waals surface area contributed by atoms with Crippen LogP contribution in [0.1, 0.15) is 18.0 Å². The maximum absolute atomic E-state index is 11.8. The Bertz CT molecular complexity index is 505. The SMILES string of the molecule is O=C1CC(CO)N1N1C(=O)OC[C@@H]1c1ccccc1. The predicted molar refractivity (Wildman–Crippen MR) is 64.7 cm³/mol. The Morgan fingerprint density at radius 3 is 2.58 bits per heavy atom. The summed E-state index contributed by atoms with van der Waals surface area (Å²) < 4.78 is 5.04. The van der Waals surface area contributed by atoms with E-state index in [1.54, 1.807) is 0 Å². The molecule has 100 valence electrons. The van der Waals surface area contributed by atoms with E-state index in [-0.39, 0.29) is 37.6 Å². The number of nitrogens with zero attached hydrogens (tertiary/aromatic N) is 2. The van der Waals surface area contributed by atoms with Crippen LogP contribution in [0, 0.1) is 0 Å². The average molecular weight is 262 g/mol. The van der Waals surface area contributed by atoms with Crippen LogP contribution >= 0.6 is 0 Å². The summed E-state index contributed by atoms with van der Waals surface area (Å²) in [5.41, 5.74) is 0.907. The summed E-state index contributed by atoms with van der Waals surface area (Å²) in [6, 6.07) is 8.76. The Balaban J connectivity index is 1.89. The number of cyclic esters (lactones) is 1. The highest BCUT2D eigenvalue weighted by molar-refractivity contribution is 5.86. The molecule has 3 rings (SSSR count). The highest BCUT2D eigenvalue weighted by Gasteiger charge is 2.48. The van der Waals surface area contributed by atoms with Crippen molar-refractivity contribution in [2.45, 2.75) is 18.5 Å². The quantitative estimate of drug-likeness (QED) is 0.814. The van der Waals surface area contributed by atoms with E-state index < -0.39 is 6.09 Å². The number of hydrogen-bond acceptors (Lipinski definition) is 4. The van der Waals surface area contributed by atoms with Gasteiger partial charge in [-0.2, -0.15) is 0 Å². The molecular weight excluding hydrogens is 248 g/mol. The van der Waals surface area contributed by atoms with Crippen molar-refractivity contribution in [2.75, 3.05) is 13.2 Å². The monoisotopic (exact) mass is 262 g/mol. The van der Waals surface area contributed by atoms with Gasteiger partial charge in [-0.3, -0.25) is 4.79 Å². The zero-order valence-corrected chi connectivity index (χ0v) is 10.2. The van der Waals surface area contributed by atoms with E-state index in [0.29, 0.717) is 0 Å². The molecule has 2 atom stereocenters. The van der Waals surface area contributed by atoms with Gasteiger partial charge in [-0.05, 0) is 5.56 Å². The summed E-state index contributed by atoms with van der Waals surface area (Å²) in [5.74, 6) is -0.168. The molecule has 6 heteroatoms. The second-order valence-electron chi connectivity index (χ2n) is 4.63. The number of aliphatic hydroxyl groups excluding tert-OH is 1. The molecule has 0 radical (unpaired) electrons. The lowest BCUT2D eigenvalue weighted by Crippen LogP contribution is -2.63. The molecule has 0 aliphatic carbocycles. The first-order valence-electron chi connectivity index (χ1n) is 6.16. The van der Waals surface area contributed by atoms with Crippen LogP contribution in [0.25, 0.3) is 0 Å². The fourth-order valence-electron chi connectivity index (χ4n) is 2.48. The van der Waals surface area contributed by atoms with Crippen molar-refractivity contribution in [3.63, 3.8) is 0 Å². The fraction of sp³-hybridized carbons (Fsp3) is 0.385. The number of aliphatic hydroxyl groups is 1. The lowest BCUT2D eigenvalue weighted by molar-refractivity contribution is -0.174. The number of hydrogen-bond donors (Lipinski definition) is 1. The molecular formula is C13H14N2O4. The molecule has 1 aromatic carbocycles. The Labute approximate surface area is 110 Å². The van der Waals surface area contributed by atoms with Crippen LogP contribution in [-0.4, -0.2) is 46.4 Å².